The van der Waals surface area contributed by atoms with Gasteiger partial charge in [-0.25, -0.2) is 4.39 Å². The molecule has 0 radical (unpaired) electrons. The zero-order valence-corrected chi connectivity index (χ0v) is 21.3. The fourth-order valence-electron chi connectivity index (χ4n) is 6.65. The monoisotopic (exact) mass is 529 g/mol. The average Bonchev–Trinajstić information content (AvgIpc) is 3.46. The van der Waals surface area contributed by atoms with Crippen LogP contribution in [0.3, 0.4) is 0 Å². The molecule has 3 aliphatic rings. The quantitative estimate of drug-likeness (QED) is 0.345. The third-order valence-electron chi connectivity index (χ3n) is 8.26. The fraction of sp³-hybridized carbons (Fsp3) is 0.121. The number of carbonyl (C=O) groups excluding carboxylic acids is 3. The van der Waals surface area contributed by atoms with E-state index in [9.17, 15) is 18.8 Å². The Morgan fingerprint density at radius 1 is 0.850 bits per heavy atom. The van der Waals surface area contributed by atoms with Crippen LogP contribution < -0.4 is 15.5 Å². The molecule has 0 aromatic heterocycles. The predicted octanol–water partition coefficient (Wildman–Crippen LogP) is 5.44. The zero-order valence-electron chi connectivity index (χ0n) is 21.3. The van der Waals surface area contributed by atoms with E-state index in [2.05, 4.69) is 10.6 Å². The number of hydrogen-bond donors (Lipinski definition) is 2. The van der Waals surface area contributed by atoms with Crippen LogP contribution in [-0.4, -0.2) is 29.7 Å². The minimum absolute atomic E-state index is 0.234. The van der Waals surface area contributed by atoms with Gasteiger partial charge >= 0.3 is 0 Å². The largest absolute Gasteiger partial charge is 0.350 e. The van der Waals surface area contributed by atoms with Gasteiger partial charge in [0.1, 0.15) is 17.3 Å². The molecular formula is C33H24FN3O3. The van der Waals surface area contributed by atoms with Gasteiger partial charge in [-0.15, -0.1) is 0 Å². The van der Waals surface area contributed by atoms with Crippen LogP contribution in [0.5, 0.6) is 0 Å². The molecule has 1 saturated heterocycles. The number of anilines is 3. The molecule has 4 aromatic rings. The molecule has 4 atom stereocenters. The summed E-state index contributed by atoms with van der Waals surface area (Å²) in [6, 6.07) is 27.6. The summed E-state index contributed by atoms with van der Waals surface area (Å²) >= 11 is 0. The standard InChI is InChI=1S/C33H24FN3O3/c34-22-17-14-21(15-18-22)30(38)28-29(31(39)35-23-9-2-1-3-10-23)37-26-13-7-4-8-20(26)16-19-27(37)33(28)24-11-5-6-12-25(24)36-32(33)40/h1-19,27-29H,(H,35,39)(H,36,40)/t27?,28-,29+,33+/m1/s1. The molecule has 0 bridgehead atoms. The molecule has 2 amide bonds. The third kappa shape index (κ3) is 3.37. The van der Waals surface area contributed by atoms with Crippen molar-refractivity contribution in [3.05, 3.63) is 132 Å². The van der Waals surface area contributed by atoms with Crippen molar-refractivity contribution in [2.75, 3.05) is 15.5 Å². The lowest BCUT2D eigenvalue weighted by Crippen LogP contribution is -2.51. The number of fused-ring (bicyclic) bond motifs is 6. The van der Waals surface area contributed by atoms with Gasteiger partial charge in [-0.05, 0) is 59.7 Å². The normalized spacial score (nSPS) is 23.8. The van der Waals surface area contributed by atoms with Gasteiger partial charge in [0.25, 0.3) is 0 Å². The number of nitrogens with zero attached hydrogens (tertiary/aromatic N) is 1. The van der Waals surface area contributed by atoms with Crippen LogP contribution in [0.1, 0.15) is 21.5 Å². The lowest BCUT2D eigenvalue weighted by Gasteiger charge is -2.37. The molecule has 1 unspecified atom stereocenters. The second-order valence-corrected chi connectivity index (χ2v) is 10.3. The molecule has 1 fully saturated rings. The molecule has 196 valence electrons. The highest BCUT2D eigenvalue weighted by Gasteiger charge is 2.70. The minimum atomic E-state index is -1.41. The average molecular weight is 530 g/mol. The molecule has 0 saturated carbocycles. The summed E-state index contributed by atoms with van der Waals surface area (Å²) in [5.41, 5.74) is 2.31. The highest BCUT2D eigenvalue weighted by Crippen LogP contribution is 2.57. The van der Waals surface area contributed by atoms with Crippen LogP contribution >= 0.6 is 0 Å². The van der Waals surface area contributed by atoms with E-state index < -0.39 is 40.9 Å². The summed E-state index contributed by atoms with van der Waals surface area (Å²) in [5.74, 6) is -2.75. The Kier molecular flexibility index (Phi) is 5.42. The van der Waals surface area contributed by atoms with Crippen LogP contribution in [-0.2, 0) is 15.0 Å². The Morgan fingerprint density at radius 2 is 1.55 bits per heavy atom. The highest BCUT2D eigenvalue weighted by atomic mass is 19.1. The molecule has 0 aliphatic carbocycles. The second-order valence-electron chi connectivity index (χ2n) is 10.3. The second kappa shape index (κ2) is 9.02. The van der Waals surface area contributed by atoms with E-state index in [4.69, 9.17) is 0 Å². The van der Waals surface area contributed by atoms with Gasteiger partial charge in [-0.2, -0.15) is 0 Å². The molecule has 1 spiro atoms. The van der Waals surface area contributed by atoms with Crippen LogP contribution in [0.2, 0.25) is 0 Å². The van der Waals surface area contributed by atoms with E-state index in [1.54, 1.807) is 12.1 Å². The number of hydrogen-bond acceptors (Lipinski definition) is 4. The van der Waals surface area contributed by atoms with Crippen molar-refractivity contribution in [3.8, 4) is 0 Å². The van der Waals surface area contributed by atoms with Gasteiger partial charge in [-0.3, -0.25) is 14.4 Å². The first-order valence-electron chi connectivity index (χ1n) is 13.1. The van der Waals surface area contributed by atoms with Crippen molar-refractivity contribution in [1.29, 1.82) is 0 Å². The number of carbonyl (C=O) groups is 3. The van der Waals surface area contributed by atoms with Crippen molar-refractivity contribution in [1.82, 2.24) is 0 Å². The summed E-state index contributed by atoms with van der Waals surface area (Å²) in [6.45, 7) is 0. The number of halogens is 1. The molecule has 3 aliphatic heterocycles. The van der Waals surface area contributed by atoms with Crippen LogP contribution in [0, 0.1) is 11.7 Å². The Labute approximate surface area is 230 Å². The van der Waals surface area contributed by atoms with E-state index in [-0.39, 0.29) is 11.5 Å². The Bertz CT molecular complexity index is 1700. The number of para-hydroxylation sites is 3. The van der Waals surface area contributed by atoms with Crippen molar-refractivity contribution in [2.45, 2.75) is 17.5 Å². The molecule has 40 heavy (non-hydrogen) atoms. The predicted molar refractivity (Wildman–Crippen MR) is 152 cm³/mol. The highest BCUT2D eigenvalue weighted by molar-refractivity contribution is 6.17. The van der Waals surface area contributed by atoms with Crippen LogP contribution in [0.15, 0.2) is 109 Å². The maximum Gasteiger partial charge on any atom is 0.247 e. The van der Waals surface area contributed by atoms with E-state index in [1.165, 1.54) is 24.3 Å². The van der Waals surface area contributed by atoms with Crippen molar-refractivity contribution < 1.29 is 18.8 Å². The van der Waals surface area contributed by atoms with Gasteiger partial charge < -0.3 is 15.5 Å². The van der Waals surface area contributed by atoms with E-state index in [0.29, 0.717) is 16.9 Å². The van der Waals surface area contributed by atoms with Crippen molar-refractivity contribution in [3.63, 3.8) is 0 Å². The van der Waals surface area contributed by atoms with Crippen LogP contribution in [0.4, 0.5) is 21.5 Å². The summed E-state index contributed by atoms with van der Waals surface area (Å²) < 4.78 is 13.9. The lowest BCUT2D eigenvalue weighted by molar-refractivity contribution is -0.122. The number of nitrogens with one attached hydrogen (secondary N) is 2. The molecular weight excluding hydrogens is 505 g/mol. The third-order valence-corrected chi connectivity index (χ3v) is 8.26. The van der Waals surface area contributed by atoms with Gasteiger partial charge in [-0.1, -0.05) is 66.7 Å². The van der Waals surface area contributed by atoms with Crippen LogP contribution in [0.25, 0.3) is 6.08 Å². The van der Waals surface area contributed by atoms with Crippen molar-refractivity contribution >= 4 is 40.7 Å². The van der Waals surface area contributed by atoms with Gasteiger partial charge in [0.2, 0.25) is 11.8 Å². The minimum Gasteiger partial charge on any atom is -0.350 e. The molecule has 4 aromatic carbocycles. The van der Waals surface area contributed by atoms with Gasteiger partial charge in [0, 0.05) is 22.6 Å². The fourth-order valence-corrected chi connectivity index (χ4v) is 6.65. The SMILES string of the molecule is O=C(Nc1ccccc1)[C@@H]1[C@H](C(=O)c2ccc(F)cc2)[C@@]2(C(=O)Nc3ccccc32)C2C=Cc3ccccc3N21. The summed E-state index contributed by atoms with van der Waals surface area (Å²) in [6.07, 6.45) is 3.87. The van der Waals surface area contributed by atoms with E-state index in [0.717, 1.165) is 11.3 Å². The molecule has 3 heterocycles. The molecule has 2 N–H and O–H groups in total. The zero-order chi connectivity index (χ0) is 27.4. The first kappa shape index (κ1) is 24.0. The number of benzene rings is 4. The summed E-state index contributed by atoms with van der Waals surface area (Å²) in [7, 11) is 0. The Hall–Kier alpha value is -5.04. The number of ketones is 1. The molecule has 7 heteroatoms. The smallest absolute Gasteiger partial charge is 0.247 e. The summed E-state index contributed by atoms with van der Waals surface area (Å²) in [5, 5.41) is 5.99. The van der Waals surface area contributed by atoms with E-state index in [1.807, 2.05) is 83.8 Å². The first-order chi connectivity index (χ1) is 19.5. The number of Topliss-reactive ketones (excluding diaryl/α,β-unsaturated/α-hetero) is 1. The molecule has 6 nitrogen and oxygen atoms in total. The molecule has 7 rings (SSSR count). The van der Waals surface area contributed by atoms with E-state index >= 15 is 0 Å². The Morgan fingerprint density at radius 3 is 2.35 bits per heavy atom. The summed E-state index contributed by atoms with van der Waals surface area (Å²) in [4.78, 5) is 45.0. The van der Waals surface area contributed by atoms with Gasteiger partial charge in [0.15, 0.2) is 5.78 Å². The lowest BCUT2D eigenvalue weighted by atomic mass is 9.64. The maximum absolute atomic E-state index is 14.6. The Balaban J connectivity index is 1.49. The van der Waals surface area contributed by atoms with Gasteiger partial charge in [0.05, 0.1) is 12.0 Å². The first-order valence-corrected chi connectivity index (χ1v) is 13.1. The topological polar surface area (TPSA) is 78.5 Å². The maximum atomic E-state index is 14.6. The number of rotatable bonds is 4. The number of amides is 2. The van der Waals surface area contributed by atoms with Crippen molar-refractivity contribution in [2.24, 2.45) is 5.92 Å².